The zero-order chi connectivity index (χ0) is 36.8. The van der Waals surface area contributed by atoms with Crippen molar-refractivity contribution >= 4 is 12.1 Å². The van der Waals surface area contributed by atoms with E-state index in [4.69, 9.17) is 14.2 Å². The molecule has 1 N–H and O–H groups in total. The summed E-state index contributed by atoms with van der Waals surface area (Å²) in [5.74, 6) is 0.570. The third kappa shape index (κ3) is 32.6. The SMILES string of the molecule is CCCCCCCCC(CCCCCC)C(=O)OCCCCCCN(CCO)CCCCCCOC(=O)OCC(CCCC)CCCCCC. The minimum atomic E-state index is -0.516. The van der Waals surface area contributed by atoms with Crippen LogP contribution in [0.3, 0.4) is 0 Å². The Balaban J connectivity index is 4.06. The number of carbonyl (C=O) groups is 2. The summed E-state index contributed by atoms with van der Waals surface area (Å²) in [6.07, 6.45) is 31.7. The van der Waals surface area contributed by atoms with Gasteiger partial charge in [0.2, 0.25) is 0 Å². The number of ether oxygens (including phenoxy) is 3. The molecule has 0 aromatic rings. The summed E-state index contributed by atoms with van der Waals surface area (Å²) in [6.45, 7) is 13.2. The van der Waals surface area contributed by atoms with Gasteiger partial charge >= 0.3 is 12.1 Å². The van der Waals surface area contributed by atoms with Crippen molar-refractivity contribution in [3.8, 4) is 0 Å². The number of unbranched alkanes of at least 4 members (excludes halogenated alkanes) is 18. The lowest BCUT2D eigenvalue weighted by molar-refractivity contribution is -0.149. The summed E-state index contributed by atoms with van der Waals surface area (Å²) < 4.78 is 16.6. The monoisotopic (exact) mass is 712 g/mol. The molecule has 0 amide bonds. The topological polar surface area (TPSA) is 85.3 Å². The second kappa shape index (κ2) is 38.9. The number of rotatable bonds is 39. The van der Waals surface area contributed by atoms with Gasteiger partial charge < -0.3 is 24.2 Å². The van der Waals surface area contributed by atoms with E-state index in [-0.39, 0.29) is 18.5 Å². The summed E-state index contributed by atoms with van der Waals surface area (Å²) in [7, 11) is 0. The Kier molecular flexibility index (Phi) is 37.8. The molecule has 7 heteroatoms. The fourth-order valence-corrected chi connectivity index (χ4v) is 6.76. The average Bonchev–Trinajstić information content (AvgIpc) is 3.12. The first-order valence-corrected chi connectivity index (χ1v) is 21.8. The van der Waals surface area contributed by atoms with E-state index in [0.717, 1.165) is 103 Å². The quantitative estimate of drug-likeness (QED) is 0.0502. The zero-order valence-corrected chi connectivity index (χ0v) is 33.8. The normalized spacial score (nSPS) is 12.7. The van der Waals surface area contributed by atoms with Crippen LogP contribution in [0.15, 0.2) is 0 Å². The van der Waals surface area contributed by atoms with Gasteiger partial charge in [-0.3, -0.25) is 4.79 Å². The van der Waals surface area contributed by atoms with Crippen LogP contribution in [0.4, 0.5) is 4.79 Å². The van der Waals surface area contributed by atoms with E-state index in [9.17, 15) is 14.7 Å². The fourth-order valence-electron chi connectivity index (χ4n) is 6.76. The van der Waals surface area contributed by atoms with E-state index in [2.05, 4.69) is 32.6 Å². The van der Waals surface area contributed by atoms with Crippen LogP contribution in [-0.4, -0.2) is 68.2 Å². The second-order valence-corrected chi connectivity index (χ2v) is 14.9. The van der Waals surface area contributed by atoms with Gasteiger partial charge in [-0.05, 0) is 70.4 Å². The van der Waals surface area contributed by atoms with Gasteiger partial charge in [0.05, 0.1) is 32.3 Å². The summed E-state index contributed by atoms with van der Waals surface area (Å²) in [6, 6.07) is 0. The highest BCUT2D eigenvalue weighted by molar-refractivity contribution is 5.72. The van der Waals surface area contributed by atoms with Crippen LogP contribution >= 0.6 is 0 Å². The first-order chi connectivity index (χ1) is 24.5. The Hall–Kier alpha value is -1.34. The Morgan fingerprint density at radius 1 is 0.480 bits per heavy atom. The third-order valence-corrected chi connectivity index (χ3v) is 10.1. The van der Waals surface area contributed by atoms with Crippen LogP contribution in [0.5, 0.6) is 0 Å². The molecule has 0 saturated heterocycles. The van der Waals surface area contributed by atoms with E-state index in [1.165, 1.54) is 89.9 Å². The van der Waals surface area contributed by atoms with Crippen LogP contribution in [0.1, 0.15) is 207 Å². The lowest BCUT2D eigenvalue weighted by atomic mass is 9.94. The minimum absolute atomic E-state index is 0.0371. The Labute approximate surface area is 310 Å². The molecule has 0 aromatic carbocycles. The maximum atomic E-state index is 12.9. The maximum Gasteiger partial charge on any atom is 0.508 e. The van der Waals surface area contributed by atoms with E-state index in [1.807, 2.05) is 0 Å². The molecule has 2 atom stereocenters. The molecule has 0 rings (SSSR count). The van der Waals surface area contributed by atoms with Gasteiger partial charge in [0, 0.05) is 6.54 Å². The van der Waals surface area contributed by atoms with Crippen molar-refractivity contribution in [2.24, 2.45) is 11.8 Å². The Morgan fingerprint density at radius 2 is 0.920 bits per heavy atom. The molecule has 0 aliphatic heterocycles. The largest absolute Gasteiger partial charge is 0.508 e. The van der Waals surface area contributed by atoms with Crippen LogP contribution in [-0.2, 0) is 19.0 Å². The maximum absolute atomic E-state index is 12.9. The summed E-state index contributed by atoms with van der Waals surface area (Å²) in [5, 5.41) is 9.55. The van der Waals surface area contributed by atoms with Gasteiger partial charge in [-0.15, -0.1) is 0 Å². The Morgan fingerprint density at radius 3 is 1.48 bits per heavy atom. The fraction of sp³-hybridized carbons (Fsp3) is 0.953. The molecule has 50 heavy (non-hydrogen) atoms. The number of nitrogens with zero attached hydrogens (tertiary/aromatic N) is 1. The molecule has 298 valence electrons. The smallest absolute Gasteiger partial charge is 0.465 e. The summed E-state index contributed by atoms with van der Waals surface area (Å²) in [5.41, 5.74) is 0. The first-order valence-electron chi connectivity index (χ1n) is 21.8. The van der Waals surface area contributed by atoms with Gasteiger partial charge in [0.15, 0.2) is 0 Å². The van der Waals surface area contributed by atoms with Crippen LogP contribution < -0.4 is 0 Å². The molecule has 2 unspecified atom stereocenters. The molecule has 0 aliphatic carbocycles. The van der Waals surface area contributed by atoms with Gasteiger partial charge in [0.1, 0.15) is 0 Å². The molecule has 0 aliphatic rings. The van der Waals surface area contributed by atoms with E-state index in [1.54, 1.807) is 0 Å². The molecule has 0 saturated carbocycles. The number of carbonyl (C=O) groups excluding carboxylic acids is 2. The van der Waals surface area contributed by atoms with E-state index >= 15 is 0 Å². The summed E-state index contributed by atoms with van der Waals surface area (Å²) in [4.78, 5) is 27.3. The van der Waals surface area contributed by atoms with Crippen molar-refractivity contribution in [3.63, 3.8) is 0 Å². The standard InChI is InChI=1S/C43H85NO6/c1-5-9-13-16-17-24-32-41(31-23-15-11-7-3)42(46)48-37-27-20-18-25-33-44(35-36-45)34-26-19-21-28-38-49-43(47)50-39-40(29-12-8-4)30-22-14-10-6-2/h40-41,45H,5-39H2,1-4H3. The number of esters is 1. The number of hydrogen-bond donors (Lipinski definition) is 1. The Bertz CT molecular complexity index is 720. The van der Waals surface area contributed by atoms with Crippen molar-refractivity contribution in [1.29, 1.82) is 0 Å². The van der Waals surface area contributed by atoms with Crippen molar-refractivity contribution in [2.45, 2.75) is 207 Å². The summed E-state index contributed by atoms with van der Waals surface area (Å²) >= 11 is 0. The van der Waals surface area contributed by atoms with Crippen molar-refractivity contribution in [1.82, 2.24) is 4.90 Å². The molecule has 0 aromatic heterocycles. The van der Waals surface area contributed by atoms with Crippen molar-refractivity contribution < 1.29 is 28.9 Å². The van der Waals surface area contributed by atoms with E-state index in [0.29, 0.717) is 32.3 Å². The molecule has 0 bridgehead atoms. The molecular formula is C43H85NO6. The van der Waals surface area contributed by atoms with Crippen molar-refractivity contribution in [2.75, 3.05) is 46.1 Å². The molecule has 0 radical (unpaired) electrons. The lowest BCUT2D eigenvalue weighted by Crippen LogP contribution is -2.29. The highest BCUT2D eigenvalue weighted by atomic mass is 16.7. The average molecular weight is 712 g/mol. The van der Waals surface area contributed by atoms with Gasteiger partial charge in [0.25, 0.3) is 0 Å². The lowest BCUT2D eigenvalue weighted by Gasteiger charge is -2.21. The van der Waals surface area contributed by atoms with Crippen LogP contribution in [0.2, 0.25) is 0 Å². The number of hydrogen-bond acceptors (Lipinski definition) is 7. The molecular weight excluding hydrogens is 626 g/mol. The first kappa shape index (κ1) is 48.7. The number of aliphatic hydroxyl groups is 1. The predicted octanol–water partition coefficient (Wildman–Crippen LogP) is 12.2. The predicted molar refractivity (Wildman–Crippen MR) is 211 cm³/mol. The molecule has 0 spiro atoms. The van der Waals surface area contributed by atoms with E-state index < -0.39 is 6.16 Å². The van der Waals surface area contributed by atoms with Crippen LogP contribution in [0.25, 0.3) is 0 Å². The highest BCUT2D eigenvalue weighted by Crippen LogP contribution is 2.21. The third-order valence-electron chi connectivity index (χ3n) is 10.1. The van der Waals surface area contributed by atoms with Gasteiger partial charge in [-0.2, -0.15) is 0 Å². The van der Waals surface area contributed by atoms with Crippen LogP contribution in [0, 0.1) is 11.8 Å². The second-order valence-electron chi connectivity index (χ2n) is 14.9. The van der Waals surface area contributed by atoms with Gasteiger partial charge in [-0.25, -0.2) is 4.79 Å². The molecule has 0 fully saturated rings. The molecule has 7 nitrogen and oxygen atoms in total. The number of aliphatic hydroxyl groups excluding tert-OH is 1. The highest BCUT2D eigenvalue weighted by Gasteiger charge is 2.19. The minimum Gasteiger partial charge on any atom is -0.465 e. The zero-order valence-electron chi connectivity index (χ0n) is 33.8. The molecule has 0 heterocycles. The van der Waals surface area contributed by atoms with Gasteiger partial charge in [-0.1, -0.05) is 156 Å². The van der Waals surface area contributed by atoms with Crippen molar-refractivity contribution in [3.05, 3.63) is 0 Å².